The van der Waals surface area contributed by atoms with Crippen LogP contribution in [0.4, 0.5) is 23.0 Å². The van der Waals surface area contributed by atoms with E-state index in [-0.39, 0.29) is 0 Å². The number of hydrogen-bond acceptors (Lipinski definition) is 6. The van der Waals surface area contributed by atoms with Crippen LogP contribution in [-0.2, 0) is 0 Å². The minimum atomic E-state index is 0.569. The monoisotopic (exact) mass is 357 g/mol. The van der Waals surface area contributed by atoms with E-state index in [1.165, 1.54) is 6.21 Å². The first-order valence-electron chi connectivity index (χ1n) is 8.49. The van der Waals surface area contributed by atoms with Crippen LogP contribution in [0.5, 0.6) is 0 Å². The summed E-state index contributed by atoms with van der Waals surface area (Å²) in [7, 11) is 1.84. The van der Waals surface area contributed by atoms with Gasteiger partial charge >= 0.3 is 0 Å². The van der Waals surface area contributed by atoms with Crippen LogP contribution in [0.2, 0.25) is 0 Å². The fraction of sp³-hybridized carbons (Fsp3) is 0.0500. The summed E-state index contributed by atoms with van der Waals surface area (Å²) in [5.41, 5.74) is 8.87. The van der Waals surface area contributed by atoms with Crippen LogP contribution in [0.3, 0.4) is 0 Å². The molecule has 2 aromatic carbocycles. The highest BCUT2D eigenvalue weighted by Gasteiger charge is 2.13. The van der Waals surface area contributed by atoms with E-state index in [1.54, 1.807) is 6.07 Å². The highest BCUT2D eigenvalue weighted by Crippen LogP contribution is 2.28. The SMILES string of the molecule is CNc1cccc(-n2nc(Nc3ccc(N)c(C=N)c3)c3ccccc32)n1. The Morgan fingerprint density at radius 2 is 1.93 bits per heavy atom. The number of pyridine rings is 1. The van der Waals surface area contributed by atoms with Gasteiger partial charge in [-0.25, -0.2) is 9.67 Å². The molecule has 0 saturated heterocycles. The Balaban J connectivity index is 1.81. The largest absolute Gasteiger partial charge is 0.398 e. The second-order valence-electron chi connectivity index (χ2n) is 6.02. The molecule has 4 rings (SSSR count). The molecule has 0 spiro atoms. The van der Waals surface area contributed by atoms with Gasteiger partial charge in [-0.2, -0.15) is 0 Å². The van der Waals surface area contributed by atoms with Crippen LogP contribution in [0.15, 0.2) is 60.7 Å². The van der Waals surface area contributed by atoms with E-state index in [9.17, 15) is 0 Å². The van der Waals surface area contributed by atoms with Crippen molar-refractivity contribution in [2.75, 3.05) is 23.4 Å². The molecule has 0 radical (unpaired) electrons. The number of nitrogen functional groups attached to an aromatic ring is 1. The average molecular weight is 357 g/mol. The maximum atomic E-state index is 7.48. The second-order valence-corrected chi connectivity index (χ2v) is 6.02. The molecular formula is C20H19N7. The smallest absolute Gasteiger partial charge is 0.160 e. The lowest BCUT2D eigenvalue weighted by Crippen LogP contribution is -2.02. The van der Waals surface area contributed by atoms with Crippen LogP contribution in [0.1, 0.15) is 5.56 Å². The number of nitrogens with zero attached hydrogens (tertiary/aromatic N) is 3. The van der Waals surface area contributed by atoms with E-state index in [0.29, 0.717) is 17.1 Å². The number of fused-ring (bicyclic) bond motifs is 1. The summed E-state index contributed by atoms with van der Waals surface area (Å²) in [4.78, 5) is 4.59. The van der Waals surface area contributed by atoms with Crippen LogP contribution >= 0.6 is 0 Å². The molecule has 7 heteroatoms. The van der Waals surface area contributed by atoms with Crippen LogP contribution in [0, 0.1) is 5.41 Å². The summed E-state index contributed by atoms with van der Waals surface area (Å²) in [6.07, 6.45) is 1.24. The van der Waals surface area contributed by atoms with Crippen molar-refractivity contribution in [1.82, 2.24) is 14.8 Å². The number of nitrogens with one attached hydrogen (secondary N) is 3. The predicted molar refractivity (Wildman–Crippen MR) is 110 cm³/mol. The van der Waals surface area contributed by atoms with E-state index >= 15 is 0 Å². The molecule has 0 bridgehead atoms. The van der Waals surface area contributed by atoms with Gasteiger partial charge in [0, 0.05) is 35.6 Å². The summed E-state index contributed by atoms with van der Waals surface area (Å²) in [5, 5.41) is 19.6. The summed E-state index contributed by atoms with van der Waals surface area (Å²) in [5.74, 6) is 2.21. The molecule has 134 valence electrons. The van der Waals surface area contributed by atoms with Gasteiger partial charge in [0.05, 0.1) is 5.52 Å². The van der Waals surface area contributed by atoms with E-state index in [0.717, 1.165) is 28.2 Å². The molecule has 4 aromatic rings. The first kappa shape index (κ1) is 16.6. The van der Waals surface area contributed by atoms with Crippen molar-refractivity contribution in [3.05, 3.63) is 66.2 Å². The molecule has 2 heterocycles. The Bertz CT molecular complexity index is 1130. The van der Waals surface area contributed by atoms with Gasteiger partial charge in [-0.15, -0.1) is 5.10 Å². The summed E-state index contributed by atoms with van der Waals surface area (Å²) in [6.45, 7) is 0. The van der Waals surface area contributed by atoms with E-state index in [2.05, 4.69) is 15.6 Å². The lowest BCUT2D eigenvalue weighted by molar-refractivity contribution is 0.879. The number of hydrogen-bond donors (Lipinski definition) is 4. The average Bonchev–Trinajstić information content (AvgIpc) is 3.08. The zero-order chi connectivity index (χ0) is 18.8. The molecule has 2 aromatic heterocycles. The molecule has 0 atom stereocenters. The Labute approximate surface area is 156 Å². The van der Waals surface area contributed by atoms with Crippen molar-refractivity contribution < 1.29 is 0 Å². The lowest BCUT2D eigenvalue weighted by atomic mass is 10.1. The van der Waals surface area contributed by atoms with Gasteiger partial charge in [0.15, 0.2) is 11.6 Å². The fourth-order valence-electron chi connectivity index (χ4n) is 2.93. The number of rotatable bonds is 5. The molecule has 0 unspecified atom stereocenters. The number of para-hydroxylation sites is 1. The summed E-state index contributed by atoms with van der Waals surface area (Å²) in [6, 6.07) is 19.2. The molecule has 0 amide bonds. The first-order chi connectivity index (χ1) is 13.2. The van der Waals surface area contributed by atoms with Crippen molar-refractivity contribution >= 4 is 40.1 Å². The van der Waals surface area contributed by atoms with Gasteiger partial charge in [0.2, 0.25) is 0 Å². The Morgan fingerprint density at radius 1 is 1.07 bits per heavy atom. The number of benzene rings is 2. The molecule has 0 aliphatic heterocycles. The molecular weight excluding hydrogens is 338 g/mol. The van der Waals surface area contributed by atoms with Gasteiger partial charge in [0.25, 0.3) is 0 Å². The van der Waals surface area contributed by atoms with Crippen LogP contribution < -0.4 is 16.4 Å². The number of anilines is 4. The van der Waals surface area contributed by atoms with Gasteiger partial charge in [-0.3, -0.25) is 0 Å². The molecule has 27 heavy (non-hydrogen) atoms. The van der Waals surface area contributed by atoms with Crippen molar-refractivity contribution in [3.8, 4) is 5.82 Å². The third-order valence-electron chi connectivity index (χ3n) is 4.30. The molecule has 0 saturated carbocycles. The summed E-state index contributed by atoms with van der Waals surface area (Å²) < 4.78 is 1.81. The Hall–Kier alpha value is -3.87. The second kappa shape index (κ2) is 6.80. The van der Waals surface area contributed by atoms with Crippen molar-refractivity contribution in [1.29, 1.82) is 5.41 Å². The minimum absolute atomic E-state index is 0.569. The van der Waals surface area contributed by atoms with Crippen LogP contribution in [-0.4, -0.2) is 28.0 Å². The fourth-order valence-corrected chi connectivity index (χ4v) is 2.93. The predicted octanol–water partition coefficient (Wildman–Crippen LogP) is 3.79. The van der Waals surface area contributed by atoms with Crippen molar-refractivity contribution in [2.24, 2.45) is 0 Å². The normalized spacial score (nSPS) is 10.7. The van der Waals surface area contributed by atoms with Crippen LogP contribution in [0.25, 0.3) is 16.7 Å². The van der Waals surface area contributed by atoms with Crippen molar-refractivity contribution in [2.45, 2.75) is 0 Å². The number of nitrogens with two attached hydrogens (primary N) is 1. The van der Waals surface area contributed by atoms with Gasteiger partial charge < -0.3 is 21.8 Å². The van der Waals surface area contributed by atoms with Gasteiger partial charge in [-0.1, -0.05) is 18.2 Å². The zero-order valence-corrected chi connectivity index (χ0v) is 14.8. The molecule has 0 fully saturated rings. The molecule has 7 nitrogen and oxygen atoms in total. The molecule has 0 aliphatic carbocycles. The highest BCUT2D eigenvalue weighted by atomic mass is 15.3. The number of aromatic nitrogens is 3. The first-order valence-corrected chi connectivity index (χ1v) is 8.49. The molecule has 5 N–H and O–H groups in total. The Morgan fingerprint density at radius 3 is 2.74 bits per heavy atom. The maximum Gasteiger partial charge on any atom is 0.160 e. The standard InChI is InChI=1S/C20H19N7/c1-23-18-7-4-8-19(25-18)27-17-6-3-2-5-15(17)20(26-27)24-14-9-10-16(22)13(11-14)12-21/h2-12,21H,22H2,1H3,(H,23,25)(H,24,26). The Kier molecular flexibility index (Phi) is 4.18. The molecule has 0 aliphatic rings. The van der Waals surface area contributed by atoms with E-state index in [1.807, 2.05) is 66.3 Å². The third-order valence-corrected chi connectivity index (χ3v) is 4.30. The van der Waals surface area contributed by atoms with Crippen molar-refractivity contribution in [3.63, 3.8) is 0 Å². The zero-order valence-electron chi connectivity index (χ0n) is 14.8. The van der Waals surface area contributed by atoms with Gasteiger partial charge in [-0.05, 0) is 42.5 Å². The van der Waals surface area contributed by atoms with Gasteiger partial charge in [0.1, 0.15) is 5.82 Å². The topological polar surface area (TPSA) is 105 Å². The quantitative estimate of drug-likeness (QED) is 0.321. The maximum absolute atomic E-state index is 7.48. The highest BCUT2D eigenvalue weighted by molar-refractivity contribution is 5.94. The third kappa shape index (κ3) is 3.06. The minimum Gasteiger partial charge on any atom is -0.398 e. The van der Waals surface area contributed by atoms with E-state index < -0.39 is 0 Å². The lowest BCUT2D eigenvalue weighted by Gasteiger charge is -2.07. The summed E-state index contributed by atoms with van der Waals surface area (Å²) >= 11 is 0. The van der Waals surface area contributed by atoms with E-state index in [4.69, 9.17) is 16.2 Å².